The van der Waals surface area contributed by atoms with Crippen molar-refractivity contribution in [3.8, 4) is 11.1 Å². The Morgan fingerprint density at radius 3 is 2.32 bits per heavy atom. The van der Waals surface area contributed by atoms with Gasteiger partial charge in [0.2, 0.25) is 0 Å². The minimum atomic E-state index is 0.499. The molecule has 1 atom stereocenters. The maximum atomic E-state index is 2.32. The van der Waals surface area contributed by atoms with Crippen molar-refractivity contribution >= 4 is 0 Å². The van der Waals surface area contributed by atoms with E-state index in [1.165, 1.54) is 22.3 Å². The molecule has 2 aromatic rings. The first-order valence-corrected chi connectivity index (χ1v) is 7.06. The average Bonchev–Trinajstić information content (AvgIpc) is 2.49. The van der Waals surface area contributed by atoms with Crippen LogP contribution in [-0.4, -0.2) is 0 Å². The molecule has 2 rings (SSSR count). The summed E-state index contributed by atoms with van der Waals surface area (Å²) in [4.78, 5) is 0. The van der Waals surface area contributed by atoms with E-state index in [1.54, 1.807) is 0 Å². The molecular formula is C19H22. The molecule has 0 amide bonds. The summed E-state index contributed by atoms with van der Waals surface area (Å²) in [6.45, 7) is 6.66. The fourth-order valence-corrected chi connectivity index (χ4v) is 2.59. The zero-order valence-corrected chi connectivity index (χ0v) is 12.1. The fourth-order valence-electron chi connectivity index (χ4n) is 2.59. The van der Waals surface area contributed by atoms with Gasteiger partial charge in [-0.3, -0.25) is 0 Å². The van der Waals surface area contributed by atoms with E-state index in [-0.39, 0.29) is 0 Å². The molecule has 0 heterocycles. The predicted octanol–water partition coefficient (Wildman–Crippen LogP) is 5.81. The second kappa shape index (κ2) is 6.38. The van der Waals surface area contributed by atoms with E-state index in [0.717, 1.165) is 6.42 Å². The smallest absolute Gasteiger partial charge is 0.00198 e. The molecule has 0 heteroatoms. The van der Waals surface area contributed by atoms with Gasteiger partial charge in [-0.25, -0.2) is 0 Å². The molecule has 0 aromatic heterocycles. The van der Waals surface area contributed by atoms with Gasteiger partial charge in [-0.2, -0.15) is 0 Å². The summed E-state index contributed by atoms with van der Waals surface area (Å²) in [6, 6.07) is 19.5. The van der Waals surface area contributed by atoms with E-state index >= 15 is 0 Å². The van der Waals surface area contributed by atoms with Gasteiger partial charge >= 0.3 is 0 Å². The van der Waals surface area contributed by atoms with Gasteiger partial charge in [-0.05, 0) is 30.0 Å². The molecule has 0 fully saturated rings. The minimum absolute atomic E-state index is 0.499. The van der Waals surface area contributed by atoms with Crippen LogP contribution in [0.15, 0.2) is 66.2 Å². The molecule has 0 N–H and O–H groups in total. The standard InChI is InChI=1S/C19H22/c1-4-16(5-2)15(3)18-12-9-13-19(14-18)17-10-7-6-8-11-17/h4,6-15H,5H2,1-3H3/b16-4+. The van der Waals surface area contributed by atoms with E-state index < -0.39 is 0 Å². The highest BCUT2D eigenvalue weighted by Gasteiger charge is 2.09. The molecule has 1 unspecified atom stereocenters. The Hall–Kier alpha value is -1.82. The topological polar surface area (TPSA) is 0 Å². The van der Waals surface area contributed by atoms with Crippen LogP contribution in [0.3, 0.4) is 0 Å². The Balaban J connectivity index is 2.35. The third-order valence-corrected chi connectivity index (χ3v) is 3.83. The van der Waals surface area contributed by atoms with Crippen molar-refractivity contribution in [3.63, 3.8) is 0 Å². The molecule has 0 saturated carbocycles. The largest absolute Gasteiger partial charge is 0.0879 e. The molecule has 0 spiro atoms. The van der Waals surface area contributed by atoms with Gasteiger partial charge in [0.15, 0.2) is 0 Å². The lowest BCUT2D eigenvalue weighted by Gasteiger charge is -2.16. The maximum Gasteiger partial charge on any atom is 0.00198 e. The summed E-state index contributed by atoms with van der Waals surface area (Å²) in [5.74, 6) is 0.499. The van der Waals surface area contributed by atoms with Gasteiger partial charge in [0.25, 0.3) is 0 Å². The molecule has 2 aromatic carbocycles. The van der Waals surface area contributed by atoms with Crippen LogP contribution in [0.5, 0.6) is 0 Å². The third kappa shape index (κ3) is 3.14. The van der Waals surface area contributed by atoms with E-state index in [0.29, 0.717) is 5.92 Å². The zero-order valence-electron chi connectivity index (χ0n) is 12.1. The van der Waals surface area contributed by atoms with Crippen LogP contribution in [0.2, 0.25) is 0 Å². The summed E-state index contributed by atoms with van der Waals surface area (Å²) in [5.41, 5.74) is 5.49. The van der Waals surface area contributed by atoms with Crippen molar-refractivity contribution in [2.75, 3.05) is 0 Å². The van der Waals surface area contributed by atoms with E-state index in [4.69, 9.17) is 0 Å². The molecule has 0 saturated heterocycles. The lowest BCUT2D eigenvalue weighted by molar-refractivity contribution is 0.835. The lowest BCUT2D eigenvalue weighted by atomic mass is 9.89. The van der Waals surface area contributed by atoms with Crippen molar-refractivity contribution in [2.24, 2.45) is 0 Å². The molecule has 98 valence electrons. The summed E-state index contributed by atoms with van der Waals surface area (Å²) in [6.07, 6.45) is 3.37. The number of allylic oxidation sites excluding steroid dienone is 2. The third-order valence-electron chi connectivity index (χ3n) is 3.83. The first-order valence-electron chi connectivity index (χ1n) is 7.06. The number of hydrogen-bond acceptors (Lipinski definition) is 0. The average molecular weight is 250 g/mol. The van der Waals surface area contributed by atoms with E-state index in [9.17, 15) is 0 Å². The van der Waals surface area contributed by atoms with Gasteiger partial charge in [-0.15, -0.1) is 0 Å². The Bertz CT molecular complexity index is 549. The van der Waals surface area contributed by atoms with E-state index in [1.807, 2.05) is 0 Å². The number of benzene rings is 2. The summed E-state index contributed by atoms with van der Waals surface area (Å²) >= 11 is 0. The first kappa shape index (κ1) is 13.6. The summed E-state index contributed by atoms with van der Waals surface area (Å²) in [7, 11) is 0. The van der Waals surface area contributed by atoms with Crippen LogP contribution >= 0.6 is 0 Å². The monoisotopic (exact) mass is 250 g/mol. The highest BCUT2D eigenvalue weighted by molar-refractivity contribution is 5.64. The van der Waals surface area contributed by atoms with Crippen LogP contribution in [0.25, 0.3) is 11.1 Å². The second-order valence-electron chi connectivity index (χ2n) is 4.93. The van der Waals surface area contributed by atoms with Crippen LogP contribution < -0.4 is 0 Å². The molecule has 0 radical (unpaired) electrons. The molecule has 0 aliphatic carbocycles. The molecule has 19 heavy (non-hydrogen) atoms. The quantitative estimate of drug-likeness (QED) is 0.600. The second-order valence-corrected chi connectivity index (χ2v) is 4.93. The SMILES string of the molecule is C/C=C(\CC)C(C)c1cccc(-c2ccccc2)c1. The van der Waals surface area contributed by atoms with Gasteiger partial charge in [0, 0.05) is 5.92 Å². The van der Waals surface area contributed by atoms with Crippen molar-refractivity contribution in [1.82, 2.24) is 0 Å². The van der Waals surface area contributed by atoms with Gasteiger partial charge in [0.1, 0.15) is 0 Å². The van der Waals surface area contributed by atoms with Gasteiger partial charge < -0.3 is 0 Å². The van der Waals surface area contributed by atoms with Crippen molar-refractivity contribution in [1.29, 1.82) is 0 Å². The minimum Gasteiger partial charge on any atom is -0.0879 e. The lowest BCUT2D eigenvalue weighted by Crippen LogP contribution is -1.97. The Morgan fingerprint density at radius 2 is 1.68 bits per heavy atom. The van der Waals surface area contributed by atoms with Crippen molar-refractivity contribution < 1.29 is 0 Å². The fraction of sp³-hybridized carbons (Fsp3) is 0.263. The number of hydrogen-bond donors (Lipinski definition) is 0. The molecule has 0 nitrogen and oxygen atoms in total. The van der Waals surface area contributed by atoms with Gasteiger partial charge in [0.05, 0.1) is 0 Å². The van der Waals surface area contributed by atoms with Crippen LogP contribution in [0.1, 0.15) is 38.7 Å². The Kier molecular flexibility index (Phi) is 4.57. The van der Waals surface area contributed by atoms with Crippen molar-refractivity contribution in [2.45, 2.75) is 33.1 Å². The van der Waals surface area contributed by atoms with Crippen LogP contribution in [0.4, 0.5) is 0 Å². The Labute approximate surface area is 116 Å². The molecule has 0 aliphatic heterocycles. The van der Waals surface area contributed by atoms with Crippen LogP contribution in [-0.2, 0) is 0 Å². The first-order chi connectivity index (χ1) is 9.26. The highest BCUT2D eigenvalue weighted by Crippen LogP contribution is 2.29. The summed E-state index contributed by atoms with van der Waals surface area (Å²) in [5, 5.41) is 0. The zero-order chi connectivity index (χ0) is 13.7. The van der Waals surface area contributed by atoms with Crippen LogP contribution in [0, 0.1) is 0 Å². The van der Waals surface area contributed by atoms with Gasteiger partial charge in [-0.1, -0.05) is 80.1 Å². The highest BCUT2D eigenvalue weighted by atomic mass is 14.1. The normalized spacial score (nSPS) is 13.3. The maximum absolute atomic E-state index is 2.32. The molecule has 0 bridgehead atoms. The Morgan fingerprint density at radius 1 is 1.00 bits per heavy atom. The van der Waals surface area contributed by atoms with E-state index in [2.05, 4.69) is 81.4 Å². The molecule has 0 aliphatic rings. The number of rotatable bonds is 4. The summed E-state index contributed by atoms with van der Waals surface area (Å²) < 4.78 is 0. The van der Waals surface area contributed by atoms with Crippen molar-refractivity contribution in [3.05, 3.63) is 71.8 Å². The predicted molar refractivity (Wildman–Crippen MR) is 84.3 cm³/mol. The molecular weight excluding hydrogens is 228 g/mol.